The lowest BCUT2D eigenvalue weighted by molar-refractivity contribution is -0.189. The predicted molar refractivity (Wildman–Crippen MR) is 159 cm³/mol. The number of cyclic esters (lactones) is 1. The largest absolute Gasteiger partial charge is 0.472 e. The van der Waals surface area contributed by atoms with E-state index < -0.39 is 64.0 Å². The van der Waals surface area contributed by atoms with E-state index in [-0.39, 0.29) is 18.4 Å². The standard InChI is InChI=1S/C35H38O10/c1-20-28(33(4)14-12-26(37)45-32(2,3)24(33)17-27(38)40-6)29(42-19-36)30(43-31(39)21-10-8-7-9-11-21)34(5)23(22-13-15-41-18-22)16-25-35(20,34)44-25/h7-15,18-19,23-25,28-30H,1,16-17H2,2-6H3/t23-,24-,25+,28+,29+,30-,33-,34+,35+/m0/s1. The second kappa shape index (κ2) is 10.7. The van der Waals surface area contributed by atoms with E-state index in [9.17, 15) is 19.2 Å². The Morgan fingerprint density at radius 1 is 1.11 bits per heavy atom. The zero-order valence-corrected chi connectivity index (χ0v) is 26.0. The number of furan rings is 1. The van der Waals surface area contributed by atoms with Gasteiger partial charge in [-0.3, -0.25) is 9.59 Å². The van der Waals surface area contributed by atoms with Gasteiger partial charge >= 0.3 is 17.9 Å². The fourth-order valence-electron chi connectivity index (χ4n) is 8.94. The van der Waals surface area contributed by atoms with Crippen molar-refractivity contribution in [1.29, 1.82) is 0 Å². The molecule has 2 aromatic rings. The van der Waals surface area contributed by atoms with Crippen molar-refractivity contribution in [3.05, 3.63) is 84.4 Å². The molecule has 1 aromatic heterocycles. The summed E-state index contributed by atoms with van der Waals surface area (Å²) in [5.41, 5.74) is -2.33. The second-order valence-electron chi connectivity index (χ2n) is 13.4. The van der Waals surface area contributed by atoms with Crippen LogP contribution in [0.3, 0.4) is 0 Å². The molecule has 2 saturated carbocycles. The summed E-state index contributed by atoms with van der Waals surface area (Å²) in [6.45, 7) is 12.3. The summed E-state index contributed by atoms with van der Waals surface area (Å²) >= 11 is 0. The Labute approximate surface area is 261 Å². The number of methoxy groups -OCH3 is 1. The lowest BCUT2D eigenvalue weighted by Gasteiger charge is -2.58. The molecule has 10 heteroatoms. The van der Waals surface area contributed by atoms with E-state index in [0.717, 1.165) is 5.56 Å². The maximum Gasteiger partial charge on any atom is 0.338 e. The molecule has 3 fully saturated rings. The van der Waals surface area contributed by atoms with Crippen LogP contribution in [-0.2, 0) is 38.1 Å². The van der Waals surface area contributed by atoms with Crippen molar-refractivity contribution in [1.82, 2.24) is 0 Å². The topological polar surface area (TPSA) is 131 Å². The van der Waals surface area contributed by atoms with Crippen LogP contribution in [-0.4, -0.2) is 61.0 Å². The first-order valence-electron chi connectivity index (χ1n) is 15.1. The Kier molecular flexibility index (Phi) is 7.34. The normalized spacial score (nSPS) is 37.8. The van der Waals surface area contributed by atoms with Crippen molar-refractivity contribution in [3.63, 3.8) is 0 Å². The molecule has 45 heavy (non-hydrogen) atoms. The van der Waals surface area contributed by atoms with Crippen LogP contribution in [0.2, 0.25) is 0 Å². The zero-order valence-electron chi connectivity index (χ0n) is 26.0. The Morgan fingerprint density at radius 2 is 1.84 bits per heavy atom. The van der Waals surface area contributed by atoms with Gasteiger partial charge in [0.25, 0.3) is 6.47 Å². The lowest BCUT2D eigenvalue weighted by Crippen LogP contribution is -2.66. The Bertz CT molecular complexity index is 1540. The maximum atomic E-state index is 13.8. The van der Waals surface area contributed by atoms with Crippen molar-refractivity contribution < 1.29 is 47.3 Å². The summed E-state index contributed by atoms with van der Waals surface area (Å²) in [5, 5.41) is 0. The number of ether oxygens (including phenoxy) is 5. The van der Waals surface area contributed by atoms with Gasteiger partial charge in [-0.1, -0.05) is 44.7 Å². The number of epoxide rings is 1. The van der Waals surface area contributed by atoms with Crippen molar-refractivity contribution in [3.8, 4) is 0 Å². The highest BCUT2D eigenvalue weighted by molar-refractivity contribution is 5.89. The van der Waals surface area contributed by atoms with Gasteiger partial charge < -0.3 is 28.1 Å². The molecular formula is C35H38O10. The van der Waals surface area contributed by atoms with Crippen LogP contribution in [0.1, 0.15) is 62.4 Å². The third-order valence-electron chi connectivity index (χ3n) is 11.0. The molecule has 2 aliphatic carbocycles. The molecule has 0 unspecified atom stereocenters. The van der Waals surface area contributed by atoms with Crippen molar-refractivity contribution in [2.45, 2.75) is 76.0 Å². The number of rotatable bonds is 8. The van der Waals surface area contributed by atoms with Crippen LogP contribution in [0, 0.1) is 22.7 Å². The van der Waals surface area contributed by atoms with Crippen LogP contribution < -0.4 is 0 Å². The molecule has 238 valence electrons. The summed E-state index contributed by atoms with van der Waals surface area (Å²) in [5.74, 6) is -3.33. The van der Waals surface area contributed by atoms with Crippen molar-refractivity contribution in [2.24, 2.45) is 22.7 Å². The molecule has 0 amide bonds. The summed E-state index contributed by atoms with van der Waals surface area (Å²) < 4.78 is 35.4. The van der Waals surface area contributed by atoms with Crippen LogP contribution in [0.4, 0.5) is 0 Å². The summed E-state index contributed by atoms with van der Waals surface area (Å²) in [6.07, 6.45) is 4.36. The van der Waals surface area contributed by atoms with Gasteiger partial charge in [-0.15, -0.1) is 0 Å². The molecule has 1 spiro atoms. The monoisotopic (exact) mass is 618 g/mol. The van der Waals surface area contributed by atoms with Crippen LogP contribution >= 0.6 is 0 Å². The molecule has 9 atom stereocenters. The molecule has 3 heterocycles. The SMILES string of the molecule is C=C1[C@@H]([C@@]2(C)C=CC(=O)OC(C)(C)[C@@H]2CC(=O)OC)[C@@H](OC=O)[C@H](OC(=O)c2ccccc2)[C@@]2(C)[C@H](c3ccoc3)C[C@H]3O[C@]132. The smallest absolute Gasteiger partial charge is 0.338 e. The Morgan fingerprint density at radius 3 is 2.49 bits per heavy atom. The number of benzene rings is 1. The minimum absolute atomic E-state index is 0.115. The van der Waals surface area contributed by atoms with Crippen LogP contribution in [0.15, 0.2) is 77.6 Å². The summed E-state index contributed by atoms with van der Waals surface area (Å²) in [4.78, 5) is 51.9. The second-order valence-corrected chi connectivity index (χ2v) is 13.4. The van der Waals surface area contributed by atoms with Crippen LogP contribution in [0.25, 0.3) is 0 Å². The molecular weight excluding hydrogens is 580 g/mol. The van der Waals surface area contributed by atoms with Gasteiger partial charge in [-0.25, -0.2) is 9.59 Å². The Hall–Kier alpha value is -4.18. The maximum absolute atomic E-state index is 13.8. The Balaban J connectivity index is 1.56. The van der Waals surface area contributed by atoms with E-state index in [2.05, 4.69) is 6.58 Å². The van der Waals surface area contributed by atoms with Crippen LogP contribution in [0.5, 0.6) is 0 Å². The third-order valence-corrected chi connectivity index (χ3v) is 11.0. The molecule has 1 aromatic carbocycles. The molecule has 2 aliphatic heterocycles. The number of esters is 3. The first-order chi connectivity index (χ1) is 21.3. The average Bonchev–Trinajstić information content (AvgIpc) is 3.38. The highest BCUT2D eigenvalue weighted by Crippen LogP contribution is 2.76. The molecule has 0 radical (unpaired) electrons. The summed E-state index contributed by atoms with van der Waals surface area (Å²) in [6, 6.07) is 10.5. The van der Waals surface area contributed by atoms with E-state index >= 15 is 0 Å². The molecule has 1 saturated heterocycles. The fraction of sp³-hybridized carbons (Fsp3) is 0.486. The number of hydrogen-bond donors (Lipinski definition) is 0. The third kappa shape index (κ3) is 4.47. The van der Waals surface area contributed by atoms with Crippen molar-refractivity contribution >= 4 is 24.4 Å². The van der Waals surface area contributed by atoms with Gasteiger partial charge in [-0.2, -0.15) is 0 Å². The van der Waals surface area contributed by atoms with Gasteiger partial charge in [0.15, 0.2) is 0 Å². The van der Waals surface area contributed by atoms with Gasteiger partial charge in [-0.05, 0) is 49.6 Å². The number of hydrogen-bond acceptors (Lipinski definition) is 10. The van der Waals surface area contributed by atoms with E-state index in [4.69, 9.17) is 28.1 Å². The minimum atomic E-state index is -1.16. The number of carbonyl (C=O) groups is 4. The van der Waals surface area contributed by atoms with E-state index in [1.165, 1.54) is 13.2 Å². The number of carbonyl (C=O) groups excluding carboxylic acids is 4. The van der Waals surface area contributed by atoms with E-state index in [1.807, 2.05) is 19.9 Å². The highest BCUT2D eigenvalue weighted by Gasteiger charge is 2.84. The molecule has 0 N–H and O–H groups in total. The fourth-order valence-corrected chi connectivity index (χ4v) is 8.94. The predicted octanol–water partition coefficient (Wildman–Crippen LogP) is 4.94. The van der Waals surface area contributed by atoms with Gasteiger partial charge in [0.1, 0.15) is 23.4 Å². The highest BCUT2D eigenvalue weighted by atomic mass is 16.6. The van der Waals surface area contributed by atoms with E-state index in [1.54, 1.807) is 62.8 Å². The zero-order chi connectivity index (χ0) is 32.4. The number of allylic oxidation sites excluding steroid dienone is 1. The molecule has 6 rings (SSSR count). The van der Waals surface area contributed by atoms with Gasteiger partial charge in [0.05, 0.1) is 43.1 Å². The quantitative estimate of drug-likeness (QED) is 0.132. The lowest BCUT2D eigenvalue weighted by atomic mass is 9.48. The molecule has 0 bridgehead atoms. The van der Waals surface area contributed by atoms with Gasteiger partial charge in [0, 0.05) is 29.2 Å². The average molecular weight is 619 g/mol. The van der Waals surface area contributed by atoms with Crippen molar-refractivity contribution in [2.75, 3.05) is 7.11 Å². The van der Waals surface area contributed by atoms with E-state index in [0.29, 0.717) is 24.0 Å². The first kappa shape index (κ1) is 30.8. The van der Waals surface area contributed by atoms with Gasteiger partial charge in [0.2, 0.25) is 0 Å². The first-order valence-corrected chi connectivity index (χ1v) is 15.1. The minimum Gasteiger partial charge on any atom is -0.472 e. The molecule has 4 aliphatic rings. The molecule has 10 nitrogen and oxygen atoms in total. The summed E-state index contributed by atoms with van der Waals surface area (Å²) in [7, 11) is 1.30.